The molecule has 0 radical (unpaired) electrons. The lowest BCUT2D eigenvalue weighted by Crippen LogP contribution is -2.49. The van der Waals surface area contributed by atoms with Gasteiger partial charge in [-0.05, 0) is 116 Å². The van der Waals surface area contributed by atoms with Gasteiger partial charge >= 0.3 is 0 Å². The van der Waals surface area contributed by atoms with E-state index in [1.165, 1.54) is 51.2 Å². The molecular formula is C52H55N9O2S. The molecule has 11 rings (SSSR count). The van der Waals surface area contributed by atoms with Crippen LogP contribution in [0.1, 0.15) is 98.5 Å². The number of thiophene rings is 1. The Morgan fingerprint density at radius 2 is 1.61 bits per heavy atom. The lowest BCUT2D eigenvalue weighted by molar-refractivity contribution is 0.201. The van der Waals surface area contributed by atoms with Gasteiger partial charge in [0.1, 0.15) is 34.7 Å². The van der Waals surface area contributed by atoms with Gasteiger partial charge in [0, 0.05) is 79.6 Å². The van der Waals surface area contributed by atoms with Crippen LogP contribution in [0.5, 0.6) is 5.75 Å². The second-order valence-corrected chi connectivity index (χ2v) is 19.4. The highest BCUT2D eigenvalue weighted by Gasteiger charge is 2.34. The molecule has 4 aromatic heterocycles. The highest BCUT2D eigenvalue weighted by molar-refractivity contribution is 7.15. The Morgan fingerprint density at radius 1 is 0.797 bits per heavy atom. The van der Waals surface area contributed by atoms with E-state index >= 15 is 0 Å². The number of piperidine rings is 1. The van der Waals surface area contributed by atoms with E-state index in [2.05, 4.69) is 127 Å². The Morgan fingerprint density at radius 3 is 2.36 bits per heavy atom. The number of phenols is 1. The monoisotopic (exact) mass is 869 g/mol. The molecule has 3 aromatic carbocycles. The number of hydrogen-bond donors (Lipinski definition) is 1. The van der Waals surface area contributed by atoms with Crippen LogP contribution in [0.15, 0.2) is 113 Å². The first-order chi connectivity index (χ1) is 31.3. The number of rotatable bonds is 9. The van der Waals surface area contributed by atoms with Crippen LogP contribution in [0.25, 0.3) is 5.00 Å². The SMILES string of the molecule is Cc1sc2c(c1C)C(c1ccc(N3CCC(CN4CCN(c5ccc([C@H]6c7ccc(O)cc7CC[C@H]6c6ccccc6)cn5)CC4)CC3)cc1)=N[C@@H](Cc1ncco1)c1nnc(C)n1-2. The summed E-state index contributed by atoms with van der Waals surface area (Å²) in [4.78, 5) is 23.9. The third-order valence-electron chi connectivity index (χ3n) is 14.4. The first-order valence-corrected chi connectivity index (χ1v) is 23.8. The molecule has 326 valence electrons. The Labute approximate surface area is 379 Å². The summed E-state index contributed by atoms with van der Waals surface area (Å²) < 4.78 is 7.87. The molecule has 4 aliphatic rings. The van der Waals surface area contributed by atoms with E-state index < -0.39 is 0 Å². The second-order valence-electron chi connectivity index (χ2n) is 18.2. The fourth-order valence-corrected chi connectivity index (χ4v) is 12.0. The molecule has 0 saturated carbocycles. The van der Waals surface area contributed by atoms with Crippen molar-refractivity contribution in [2.24, 2.45) is 10.9 Å². The average Bonchev–Trinajstić information content (AvgIpc) is 4.04. The molecule has 2 saturated heterocycles. The van der Waals surface area contributed by atoms with E-state index in [0.717, 1.165) is 98.0 Å². The van der Waals surface area contributed by atoms with Crippen LogP contribution in [0.2, 0.25) is 0 Å². The summed E-state index contributed by atoms with van der Waals surface area (Å²) >= 11 is 1.78. The van der Waals surface area contributed by atoms with Crippen LogP contribution in [0.3, 0.4) is 0 Å². The van der Waals surface area contributed by atoms with Crippen molar-refractivity contribution in [1.29, 1.82) is 0 Å². The van der Waals surface area contributed by atoms with Crippen molar-refractivity contribution in [1.82, 2.24) is 29.6 Å². The summed E-state index contributed by atoms with van der Waals surface area (Å²) in [6.07, 6.45) is 10.3. The minimum absolute atomic E-state index is 0.209. The van der Waals surface area contributed by atoms with E-state index in [1.807, 2.05) is 19.1 Å². The molecule has 3 atom stereocenters. The van der Waals surface area contributed by atoms with E-state index in [0.29, 0.717) is 29.9 Å². The van der Waals surface area contributed by atoms with Crippen molar-refractivity contribution in [2.45, 2.75) is 70.8 Å². The van der Waals surface area contributed by atoms with E-state index in [4.69, 9.17) is 14.4 Å². The van der Waals surface area contributed by atoms with Gasteiger partial charge in [-0.1, -0.05) is 54.6 Å². The molecule has 1 aliphatic carbocycles. The molecule has 0 amide bonds. The molecule has 3 aliphatic heterocycles. The van der Waals surface area contributed by atoms with Gasteiger partial charge in [0.25, 0.3) is 0 Å². The van der Waals surface area contributed by atoms with E-state index in [9.17, 15) is 5.11 Å². The van der Waals surface area contributed by atoms with Crippen molar-refractivity contribution >= 4 is 28.6 Å². The van der Waals surface area contributed by atoms with Crippen molar-refractivity contribution in [3.05, 3.63) is 165 Å². The summed E-state index contributed by atoms with van der Waals surface area (Å²) in [6, 6.07) is 30.2. The van der Waals surface area contributed by atoms with Crippen LogP contribution in [0, 0.1) is 26.7 Å². The lowest BCUT2D eigenvalue weighted by atomic mass is 9.69. The summed E-state index contributed by atoms with van der Waals surface area (Å²) in [5.41, 5.74) is 10.9. The minimum atomic E-state index is -0.281. The number of aromatic nitrogens is 5. The maximum atomic E-state index is 10.3. The van der Waals surface area contributed by atoms with E-state index in [-0.39, 0.29) is 12.0 Å². The van der Waals surface area contributed by atoms with Gasteiger partial charge < -0.3 is 19.3 Å². The van der Waals surface area contributed by atoms with Gasteiger partial charge in [-0.2, -0.15) is 0 Å². The fourth-order valence-electron chi connectivity index (χ4n) is 10.8. The predicted octanol–water partition coefficient (Wildman–Crippen LogP) is 9.38. The normalized spacial score (nSPS) is 20.4. The third-order valence-corrected chi connectivity index (χ3v) is 15.6. The molecule has 0 bridgehead atoms. The van der Waals surface area contributed by atoms with Gasteiger partial charge in [0.05, 0.1) is 18.3 Å². The number of anilines is 2. The van der Waals surface area contributed by atoms with Crippen LogP contribution in [-0.4, -0.2) is 86.3 Å². The minimum Gasteiger partial charge on any atom is -0.508 e. The van der Waals surface area contributed by atoms with Crippen molar-refractivity contribution in [3.8, 4) is 10.8 Å². The van der Waals surface area contributed by atoms with Gasteiger partial charge in [0.15, 0.2) is 11.7 Å². The van der Waals surface area contributed by atoms with Gasteiger partial charge in [-0.25, -0.2) is 9.97 Å². The standard InChI is InChI=1S/C52H55N9O2S/c1-33-34(2)64-52-48(33)50(55-45(30-47-53-21-28-63-47)51-57-56-35(3)61(51)52)38-9-13-41(14-10-38)59-22-19-36(20-23-59)32-58-24-26-60(27-25-58)46-18-12-40(31-54-46)49-43(37-7-5-4-6-8-37)16-11-39-29-42(62)15-17-44(39)49/h4-10,12-15,17-18,21,28-29,31,36,43,45,49,62H,11,16,19-20,22-27,30,32H2,1-3H3/t43-,45-,49+/m0/s1. The maximum Gasteiger partial charge on any atom is 0.196 e. The van der Waals surface area contributed by atoms with Crippen LogP contribution >= 0.6 is 11.3 Å². The summed E-state index contributed by atoms with van der Waals surface area (Å²) in [7, 11) is 0. The molecular weight excluding hydrogens is 815 g/mol. The van der Waals surface area contributed by atoms with Crippen LogP contribution < -0.4 is 9.80 Å². The van der Waals surface area contributed by atoms with Gasteiger partial charge in [0.2, 0.25) is 0 Å². The number of oxazole rings is 1. The number of fused-ring (bicyclic) bond motifs is 4. The number of piperazine rings is 1. The van der Waals surface area contributed by atoms with Crippen molar-refractivity contribution in [2.75, 3.05) is 55.6 Å². The molecule has 64 heavy (non-hydrogen) atoms. The number of pyridine rings is 1. The maximum absolute atomic E-state index is 10.3. The number of aliphatic imine (C=N–C) groups is 1. The number of phenolic OH excluding ortho intramolecular Hbond substituents is 1. The Balaban J connectivity index is 0.717. The quantitative estimate of drug-likeness (QED) is 0.152. The first kappa shape index (κ1) is 40.7. The smallest absolute Gasteiger partial charge is 0.196 e. The predicted molar refractivity (Wildman–Crippen MR) is 254 cm³/mol. The van der Waals surface area contributed by atoms with Gasteiger partial charge in [-0.3, -0.25) is 14.5 Å². The Kier molecular flexibility index (Phi) is 10.9. The molecule has 1 N–H and O–H groups in total. The average molecular weight is 870 g/mol. The first-order valence-electron chi connectivity index (χ1n) is 23.0. The summed E-state index contributed by atoms with van der Waals surface area (Å²) in [5, 5.41) is 20.5. The molecule has 11 nitrogen and oxygen atoms in total. The summed E-state index contributed by atoms with van der Waals surface area (Å²) in [5.74, 6) is 5.01. The van der Waals surface area contributed by atoms with Crippen molar-refractivity contribution in [3.63, 3.8) is 0 Å². The zero-order chi connectivity index (χ0) is 43.3. The number of hydrogen-bond acceptors (Lipinski definition) is 11. The molecule has 12 heteroatoms. The zero-order valence-electron chi connectivity index (χ0n) is 36.9. The fraction of sp³-hybridized carbons (Fsp3) is 0.365. The highest BCUT2D eigenvalue weighted by Crippen LogP contribution is 2.47. The third kappa shape index (κ3) is 7.70. The largest absolute Gasteiger partial charge is 0.508 e. The number of benzene rings is 3. The second kappa shape index (κ2) is 17.1. The molecule has 7 aromatic rings. The molecule has 2 fully saturated rings. The Bertz CT molecular complexity index is 2760. The van der Waals surface area contributed by atoms with Crippen LogP contribution in [0.4, 0.5) is 11.5 Å². The van der Waals surface area contributed by atoms with Crippen molar-refractivity contribution < 1.29 is 9.52 Å². The molecule has 0 spiro atoms. The van der Waals surface area contributed by atoms with Gasteiger partial charge in [-0.15, -0.1) is 21.5 Å². The zero-order valence-corrected chi connectivity index (χ0v) is 37.7. The molecule has 7 heterocycles. The Hall–Kier alpha value is -6.11. The summed E-state index contributed by atoms with van der Waals surface area (Å²) in [6.45, 7) is 13.8. The van der Waals surface area contributed by atoms with E-state index in [1.54, 1.807) is 23.8 Å². The van der Waals surface area contributed by atoms with Crippen LogP contribution in [-0.2, 0) is 12.8 Å². The highest BCUT2D eigenvalue weighted by atomic mass is 32.1. The lowest BCUT2D eigenvalue weighted by Gasteiger charge is -2.40. The molecule has 0 unspecified atom stereocenters. The number of aromatic hydroxyl groups is 1. The topological polar surface area (TPSA) is 112 Å². The number of nitrogens with zero attached hydrogens (tertiary/aromatic N) is 9. The number of aryl methyl sites for hydroxylation is 3.